The maximum absolute atomic E-state index is 13.1. The van der Waals surface area contributed by atoms with Gasteiger partial charge in [0, 0.05) is 48.3 Å². The molecular weight excluding hydrogens is 542 g/mol. The van der Waals surface area contributed by atoms with E-state index in [9.17, 15) is 18.5 Å². The number of nitrogens with zero attached hydrogens (tertiary/aromatic N) is 4. The van der Waals surface area contributed by atoms with E-state index in [0.717, 1.165) is 16.6 Å². The molecule has 1 saturated heterocycles. The van der Waals surface area contributed by atoms with Crippen molar-refractivity contribution >= 4 is 55.3 Å². The van der Waals surface area contributed by atoms with Crippen LogP contribution in [-0.4, -0.2) is 76.5 Å². The summed E-state index contributed by atoms with van der Waals surface area (Å²) in [6, 6.07) is 9.04. The van der Waals surface area contributed by atoms with Gasteiger partial charge in [-0.1, -0.05) is 6.07 Å². The number of primary sulfonamides is 1. The summed E-state index contributed by atoms with van der Waals surface area (Å²) in [5.74, 6) is -0.674. The van der Waals surface area contributed by atoms with Gasteiger partial charge in [0.2, 0.25) is 10.0 Å². The molecule has 0 radical (unpaired) electrons. The highest BCUT2D eigenvalue weighted by atomic mass is 35.5. The number of sulfonamides is 1. The van der Waals surface area contributed by atoms with Crippen molar-refractivity contribution in [3.63, 3.8) is 0 Å². The molecule has 0 bridgehead atoms. The molecule has 12 nitrogen and oxygen atoms in total. The minimum Gasteiger partial charge on any atom is -0.370 e. The molecule has 4 aromatic rings. The summed E-state index contributed by atoms with van der Waals surface area (Å²) in [5, 5.41) is 25.0. The lowest BCUT2D eigenvalue weighted by molar-refractivity contribution is -0.125. The van der Waals surface area contributed by atoms with Crippen molar-refractivity contribution in [3.8, 4) is 6.07 Å². The topological polar surface area (TPSA) is 202 Å². The SMILES string of the molecule is N#Cc1c([C@H]2CN(C(=N)N)C[C@@H](C(=O)CCl)N2CCc2c[nH]c3ncccc23)[nH]c2cc(S(N)(=O)=O)ccc12. The number of H-pyrrole nitrogens is 2. The van der Waals surface area contributed by atoms with Crippen molar-refractivity contribution in [3.05, 3.63) is 59.5 Å². The number of carbonyl (C=O) groups is 1. The summed E-state index contributed by atoms with van der Waals surface area (Å²) >= 11 is 6.01. The monoisotopic (exact) mass is 567 g/mol. The van der Waals surface area contributed by atoms with Gasteiger partial charge in [-0.05, 0) is 36.2 Å². The molecule has 0 spiro atoms. The Labute approximate surface area is 229 Å². The summed E-state index contributed by atoms with van der Waals surface area (Å²) in [6.07, 6.45) is 4.15. The van der Waals surface area contributed by atoms with E-state index in [1.807, 2.05) is 23.2 Å². The van der Waals surface area contributed by atoms with Gasteiger partial charge in [-0.25, -0.2) is 18.5 Å². The summed E-state index contributed by atoms with van der Waals surface area (Å²) in [7, 11) is -3.97. The lowest BCUT2D eigenvalue weighted by Crippen LogP contribution is -2.60. The smallest absolute Gasteiger partial charge is 0.238 e. The number of benzene rings is 1. The van der Waals surface area contributed by atoms with E-state index in [0.29, 0.717) is 35.1 Å². The van der Waals surface area contributed by atoms with Gasteiger partial charge in [0.1, 0.15) is 11.7 Å². The molecule has 0 saturated carbocycles. The average molecular weight is 568 g/mol. The molecule has 1 aliphatic heterocycles. The van der Waals surface area contributed by atoms with Crippen LogP contribution in [0.25, 0.3) is 21.9 Å². The van der Waals surface area contributed by atoms with Crippen molar-refractivity contribution in [1.29, 1.82) is 10.7 Å². The summed E-state index contributed by atoms with van der Waals surface area (Å²) < 4.78 is 23.9. The number of carbonyl (C=O) groups excluding carboxylic acids is 1. The molecule has 1 aromatic carbocycles. The number of hydrogen-bond acceptors (Lipinski definition) is 7. The van der Waals surface area contributed by atoms with Gasteiger partial charge in [0.25, 0.3) is 0 Å². The molecule has 202 valence electrons. The van der Waals surface area contributed by atoms with Crippen molar-refractivity contribution in [2.24, 2.45) is 10.9 Å². The Hall–Kier alpha value is -3.96. The van der Waals surface area contributed by atoms with Crippen LogP contribution in [0.15, 0.2) is 47.6 Å². The Balaban J connectivity index is 1.61. The molecule has 1 aliphatic rings. The first-order valence-corrected chi connectivity index (χ1v) is 14.1. The van der Waals surface area contributed by atoms with Gasteiger partial charge in [-0.15, -0.1) is 11.6 Å². The third kappa shape index (κ3) is 4.95. The third-order valence-corrected chi connectivity index (χ3v) is 8.35. The number of hydrogen-bond donors (Lipinski definition) is 5. The number of Topliss-reactive ketones (excluding diaryl/α,β-unsaturated/α-hetero) is 1. The van der Waals surface area contributed by atoms with E-state index in [1.54, 1.807) is 11.1 Å². The Morgan fingerprint density at radius 3 is 2.77 bits per heavy atom. The fourth-order valence-corrected chi connectivity index (χ4v) is 5.99. The zero-order valence-corrected chi connectivity index (χ0v) is 22.3. The zero-order valence-electron chi connectivity index (χ0n) is 20.7. The molecule has 3 aromatic heterocycles. The first kappa shape index (κ1) is 26.6. The molecule has 7 N–H and O–H groups in total. The number of fused-ring (bicyclic) bond motifs is 2. The Bertz CT molecular complexity index is 1740. The standard InChI is InChI=1S/C25H26ClN9O3S/c26-9-22(36)20-12-34(25(28)29)13-21(35(20)7-5-14-11-32-24-16(14)2-1-6-31-24)23-18(10-27)17-4-3-15(39(30,37)38)8-19(17)33-23/h1-4,6,8,11,20-21,33H,5,7,9,12-13H2,(H3,28,29)(H,31,32)(H2,30,37,38)/t20-,21+/m0/s1. The number of guanidine groups is 1. The predicted octanol–water partition coefficient (Wildman–Crippen LogP) is 1.53. The van der Waals surface area contributed by atoms with E-state index in [2.05, 4.69) is 21.0 Å². The molecule has 39 heavy (non-hydrogen) atoms. The third-order valence-electron chi connectivity index (χ3n) is 7.18. The minimum atomic E-state index is -3.97. The Morgan fingerprint density at radius 1 is 1.28 bits per heavy atom. The van der Waals surface area contributed by atoms with Crippen LogP contribution < -0.4 is 10.9 Å². The normalized spacial score (nSPS) is 18.4. The second kappa shape index (κ2) is 10.3. The molecule has 0 aliphatic carbocycles. The van der Waals surface area contributed by atoms with Crippen molar-refractivity contribution in [1.82, 2.24) is 24.8 Å². The highest BCUT2D eigenvalue weighted by Gasteiger charge is 2.41. The fraction of sp³-hybridized carbons (Fsp3) is 0.280. The van der Waals surface area contributed by atoms with Crippen molar-refractivity contribution in [2.75, 3.05) is 25.5 Å². The molecule has 4 heterocycles. The van der Waals surface area contributed by atoms with Crippen LogP contribution in [0.2, 0.25) is 0 Å². The lowest BCUT2D eigenvalue weighted by Gasteiger charge is -2.46. The lowest BCUT2D eigenvalue weighted by atomic mass is 9.97. The second-order valence-electron chi connectivity index (χ2n) is 9.40. The first-order chi connectivity index (χ1) is 18.6. The second-order valence-corrected chi connectivity index (χ2v) is 11.2. The molecule has 1 fully saturated rings. The highest BCUT2D eigenvalue weighted by molar-refractivity contribution is 7.89. The van der Waals surface area contributed by atoms with Crippen LogP contribution >= 0.6 is 11.6 Å². The van der Waals surface area contributed by atoms with Crippen LogP contribution in [0.5, 0.6) is 0 Å². The Kier molecular flexibility index (Phi) is 7.04. The van der Waals surface area contributed by atoms with Crippen LogP contribution in [0.4, 0.5) is 0 Å². The number of aromatic amines is 2. The predicted molar refractivity (Wildman–Crippen MR) is 147 cm³/mol. The van der Waals surface area contributed by atoms with Gasteiger partial charge < -0.3 is 20.6 Å². The summed E-state index contributed by atoms with van der Waals surface area (Å²) in [5.41, 5.74) is 8.83. The maximum atomic E-state index is 13.1. The van der Waals surface area contributed by atoms with E-state index in [-0.39, 0.29) is 35.6 Å². The van der Waals surface area contributed by atoms with E-state index < -0.39 is 22.1 Å². The number of piperazine rings is 1. The number of rotatable bonds is 7. The molecule has 0 amide bonds. The number of aromatic nitrogens is 3. The van der Waals surface area contributed by atoms with Crippen LogP contribution in [0, 0.1) is 16.7 Å². The number of nitriles is 1. The number of alkyl halides is 1. The first-order valence-electron chi connectivity index (χ1n) is 12.0. The van der Waals surface area contributed by atoms with Gasteiger partial charge in [-0.2, -0.15) is 5.26 Å². The maximum Gasteiger partial charge on any atom is 0.238 e. The number of nitrogens with two attached hydrogens (primary N) is 2. The Morgan fingerprint density at radius 2 is 2.08 bits per heavy atom. The molecule has 5 rings (SSSR count). The summed E-state index contributed by atoms with van der Waals surface area (Å²) in [6.45, 7) is 0.819. The molecule has 0 unspecified atom stereocenters. The van der Waals surface area contributed by atoms with Gasteiger partial charge in [0.05, 0.1) is 34.1 Å². The zero-order chi connectivity index (χ0) is 27.9. The molecule has 14 heteroatoms. The van der Waals surface area contributed by atoms with Crippen LogP contribution in [0.1, 0.15) is 22.9 Å². The van der Waals surface area contributed by atoms with Crippen molar-refractivity contribution < 1.29 is 13.2 Å². The van der Waals surface area contributed by atoms with Crippen LogP contribution in [0.3, 0.4) is 0 Å². The number of pyridine rings is 1. The average Bonchev–Trinajstić information content (AvgIpc) is 3.51. The summed E-state index contributed by atoms with van der Waals surface area (Å²) in [4.78, 5) is 27.3. The van der Waals surface area contributed by atoms with Gasteiger partial charge >= 0.3 is 0 Å². The number of halogens is 1. The van der Waals surface area contributed by atoms with E-state index >= 15 is 0 Å². The quantitative estimate of drug-likeness (QED) is 0.126. The fourth-order valence-electron chi connectivity index (χ4n) is 5.27. The number of nitrogens with one attached hydrogen (secondary N) is 3. The molecular formula is C25H26ClN9O3S. The van der Waals surface area contributed by atoms with E-state index in [4.69, 9.17) is 27.9 Å². The molecule has 2 atom stereocenters. The van der Waals surface area contributed by atoms with Crippen molar-refractivity contribution in [2.45, 2.75) is 23.4 Å². The van der Waals surface area contributed by atoms with Gasteiger partial charge in [0.15, 0.2) is 11.7 Å². The minimum absolute atomic E-state index is 0.0960. The van der Waals surface area contributed by atoms with Crippen LogP contribution in [-0.2, 0) is 21.2 Å². The number of ketones is 1. The van der Waals surface area contributed by atoms with E-state index in [1.165, 1.54) is 18.2 Å². The van der Waals surface area contributed by atoms with Gasteiger partial charge in [-0.3, -0.25) is 15.1 Å². The largest absolute Gasteiger partial charge is 0.370 e. The highest BCUT2D eigenvalue weighted by Crippen LogP contribution is 2.35.